The molecule has 1 aromatic carbocycles. The number of rotatable bonds is 3. The third kappa shape index (κ3) is 2.57. The van der Waals surface area contributed by atoms with E-state index in [1.54, 1.807) is 7.11 Å². The van der Waals surface area contributed by atoms with E-state index >= 15 is 0 Å². The second-order valence-electron chi connectivity index (χ2n) is 1.93. The molecule has 0 spiro atoms. The lowest BCUT2D eigenvalue weighted by atomic mass is 10.3. The molecule has 3 heteroatoms. The summed E-state index contributed by atoms with van der Waals surface area (Å²) >= 11 is 2.16. The Kier molecular flexibility index (Phi) is 3.48. The fourth-order valence-electron chi connectivity index (χ4n) is 0.735. The maximum atomic E-state index is 5.24. The predicted molar refractivity (Wildman–Crippen MR) is 52.5 cm³/mol. The zero-order valence-electron chi connectivity index (χ0n) is 6.21. The summed E-state index contributed by atoms with van der Waals surface area (Å²) in [6.07, 6.45) is 0. The van der Waals surface area contributed by atoms with Crippen molar-refractivity contribution >= 4 is 22.6 Å². The quantitative estimate of drug-likeness (QED) is 0.616. The molecule has 0 heterocycles. The molecule has 0 aliphatic heterocycles. The smallest absolute Gasteiger partial charge is 0.139 e. The van der Waals surface area contributed by atoms with Gasteiger partial charge in [0, 0.05) is 0 Å². The van der Waals surface area contributed by atoms with Gasteiger partial charge in [0.2, 0.25) is 0 Å². The SMILES string of the molecule is COc1ccc(OCI)cc1. The minimum atomic E-state index is 0.671. The standard InChI is InChI=1S/C8H9IO2/c1-10-7-2-4-8(5-3-7)11-6-9/h2-5H,6H2,1H3. The van der Waals surface area contributed by atoms with Gasteiger partial charge in [-0.15, -0.1) is 0 Å². The molecule has 0 saturated carbocycles. The van der Waals surface area contributed by atoms with Crippen molar-refractivity contribution in [1.82, 2.24) is 0 Å². The van der Waals surface area contributed by atoms with Crippen LogP contribution in [0.1, 0.15) is 0 Å². The van der Waals surface area contributed by atoms with Crippen LogP contribution < -0.4 is 9.47 Å². The van der Waals surface area contributed by atoms with Gasteiger partial charge in [-0.05, 0) is 46.9 Å². The molecule has 11 heavy (non-hydrogen) atoms. The van der Waals surface area contributed by atoms with Gasteiger partial charge in [0.05, 0.1) is 7.11 Å². The summed E-state index contributed by atoms with van der Waals surface area (Å²) in [6.45, 7) is 0. The number of alkyl halides is 1. The number of ether oxygens (including phenoxy) is 2. The monoisotopic (exact) mass is 264 g/mol. The van der Waals surface area contributed by atoms with Crippen molar-refractivity contribution in [3.8, 4) is 11.5 Å². The zero-order chi connectivity index (χ0) is 8.10. The first-order valence-corrected chi connectivity index (χ1v) is 4.72. The van der Waals surface area contributed by atoms with E-state index in [4.69, 9.17) is 9.47 Å². The van der Waals surface area contributed by atoms with Crippen LogP contribution in [-0.2, 0) is 0 Å². The fourth-order valence-corrected chi connectivity index (χ4v) is 1.09. The highest BCUT2D eigenvalue weighted by molar-refractivity contribution is 14.1. The average molecular weight is 264 g/mol. The summed E-state index contributed by atoms with van der Waals surface area (Å²) in [5, 5.41) is 0. The van der Waals surface area contributed by atoms with Crippen LogP contribution in [0, 0.1) is 0 Å². The normalized spacial score (nSPS) is 9.27. The van der Waals surface area contributed by atoms with Crippen molar-refractivity contribution in [2.75, 3.05) is 11.7 Å². The molecule has 0 N–H and O–H groups in total. The molecule has 0 atom stereocenters. The molecular formula is C8H9IO2. The Morgan fingerprint density at radius 3 is 2.18 bits per heavy atom. The van der Waals surface area contributed by atoms with Crippen LogP contribution >= 0.6 is 22.6 Å². The average Bonchev–Trinajstić information content (AvgIpc) is 2.07. The lowest BCUT2D eigenvalue weighted by molar-refractivity contribution is 0.397. The van der Waals surface area contributed by atoms with E-state index in [1.165, 1.54) is 0 Å². The van der Waals surface area contributed by atoms with E-state index in [9.17, 15) is 0 Å². The minimum Gasteiger partial charge on any atom is -0.497 e. The predicted octanol–water partition coefficient (Wildman–Crippen LogP) is 2.47. The van der Waals surface area contributed by atoms with Crippen molar-refractivity contribution in [1.29, 1.82) is 0 Å². The van der Waals surface area contributed by atoms with Crippen LogP contribution in [0.2, 0.25) is 0 Å². The highest BCUT2D eigenvalue weighted by Gasteiger charge is 1.91. The summed E-state index contributed by atoms with van der Waals surface area (Å²) < 4.78 is 10.9. The summed E-state index contributed by atoms with van der Waals surface area (Å²) in [5.74, 6) is 1.73. The summed E-state index contributed by atoms with van der Waals surface area (Å²) in [5.41, 5.74) is 0. The summed E-state index contributed by atoms with van der Waals surface area (Å²) in [4.78, 5) is 0. The van der Waals surface area contributed by atoms with Crippen LogP contribution in [0.15, 0.2) is 24.3 Å². The molecule has 0 unspecified atom stereocenters. The van der Waals surface area contributed by atoms with Gasteiger partial charge in [0.15, 0.2) is 0 Å². The second-order valence-corrected chi connectivity index (χ2v) is 2.55. The van der Waals surface area contributed by atoms with Crippen molar-refractivity contribution in [3.05, 3.63) is 24.3 Å². The Morgan fingerprint density at radius 1 is 1.18 bits per heavy atom. The van der Waals surface area contributed by atoms with Crippen LogP contribution in [0.4, 0.5) is 0 Å². The Morgan fingerprint density at radius 2 is 1.73 bits per heavy atom. The molecule has 0 aromatic heterocycles. The summed E-state index contributed by atoms with van der Waals surface area (Å²) in [7, 11) is 1.65. The van der Waals surface area contributed by atoms with Crippen LogP contribution in [-0.4, -0.2) is 11.7 Å². The molecule has 0 saturated heterocycles. The van der Waals surface area contributed by atoms with Crippen molar-refractivity contribution in [2.24, 2.45) is 0 Å². The van der Waals surface area contributed by atoms with E-state index in [-0.39, 0.29) is 0 Å². The van der Waals surface area contributed by atoms with Crippen molar-refractivity contribution in [2.45, 2.75) is 0 Å². The van der Waals surface area contributed by atoms with E-state index in [2.05, 4.69) is 22.6 Å². The maximum absolute atomic E-state index is 5.24. The van der Waals surface area contributed by atoms with Gasteiger partial charge in [-0.25, -0.2) is 0 Å². The Bertz CT molecular complexity index is 208. The van der Waals surface area contributed by atoms with E-state index in [0.717, 1.165) is 11.5 Å². The first-order valence-electron chi connectivity index (χ1n) is 3.19. The van der Waals surface area contributed by atoms with Crippen LogP contribution in [0.5, 0.6) is 11.5 Å². The van der Waals surface area contributed by atoms with Crippen molar-refractivity contribution in [3.63, 3.8) is 0 Å². The molecule has 0 fully saturated rings. The molecule has 1 aromatic rings. The highest BCUT2D eigenvalue weighted by atomic mass is 127. The van der Waals surface area contributed by atoms with Crippen LogP contribution in [0.25, 0.3) is 0 Å². The van der Waals surface area contributed by atoms with Crippen molar-refractivity contribution < 1.29 is 9.47 Å². The lowest BCUT2D eigenvalue weighted by Gasteiger charge is -2.02. The minimum absolute atomic E-state index is 0.671. The Labute approximate surface area is 79.7 Å². The molecule has 0 aliphatic carbocycles. The third-order valence-corrected chi connectivity index (χ3v) is 1.59. The van der Waals surface area contributed by atoms with E-state index in [1.807, 2.05) is 24.3 Å². The first kappa shape index (κ1) is 8.64. The molecular weight excluding hydrogens is 255 g/mol. The lowest BCUT2D eigenvalue weighted by Crippen LogP contribution is -1.88. The number of hydrogen-bond acceptors (Lipinski definition) is 2. The number of methoxy groups -OCH3 is 1. The van der Waals surface area contributed by atoms with E-state index in [0.29, 0.717) is 4.61 Å². The Balaban J connectivity index is 2.66. The fraction of sp³-hybridized carbons (Fsp3) is 0.250. The van der Waals surface area contributed by atoms with Gasteiger partial charge in [-0.2, -0.15) is 0 Å². The van der Waals surface area contributed by atoms with Gasteiger partial charge in [-0.1, -0.05) is 0 Å². The summed E-state index contributed by atoms with van der Waals surface area (Å²) in [6, 6.07) is 7.53. The van der Waals surface area contributed by atoms with Crippen LogP contribution in [0.3, 0.4) is 0 Å². The topological polar surface area (TPSA) is 18.5 Å². The first-order chi connectivity index (χ1) is 5.36. The number of benzene rings is 1. The van der Waals surface area contributed by atoms with E-state index < -0.39 is 0 Å². The number of hydrogen-bond donors (Lipinski definition) is 0. The van der Waals surface area contributed by atoms with Gasteiger partial charge in [0.1, 0.15) is 16.1 Å². The Hall–Kier alpha value is -0.450. The van der Waals surface area contributed by atoms with Gasteiger partial charge in [0.25, 0.3) is 0 Å². The molecule has 0 bridgehead atoms. The number of halogens is 1. The van der Waals surface area contributed by atoms with Gasteiger partial charge < -0.3 is 9.47 Å². The highest BCUT2D eigenvalue weighted by Crippen LogP contribution is 2.17. The molecule has 0 radical (unpaired) electrons. The largest absolute Gasteiger partial charge is 0.497 e. The van der Waals surface area contributed by atoms with Gasteiger partial charge in [-0.3, -0.25) is 0 Å². The maximum Gasteiger partial charge on any atom is 0.139 e. The molecule has 60 valence electrons. The second kappa shape index (κ2) is 4.43. The third-order valence-electron chi connectivity index (χ3n) is 1.28. The molecule has 1 rings (SSSR count). The molecule has 0 aliphatic rings. The van der Waals surface area contributed by atoms with Gasteiger partial charge >= 0.3 is 0 Å². The zero-order valence-corrected chi connectivity index (χ0v) is 8.37. The molecule has 2 nitrogen and oxygen atoms in total. The molecule has 0 amide bonds.